The van der Waals surface area contributed by atoms with E-state index in [4.69, 9.17) is 10.5 Å². The van der Waals surface area contributed by atoms with E-state index in [9.17, 15) is 0 Å². The van der Waals surface area contributed by atoms with Gasteiger partial charge in [0.15, 0.2) is 0 Å². The second-order valence-electron chi connectivity index (χ2n) is 3.78. The minimum atomic E-state index is -0.0989. The molecule has 14 heavy (non-hydrogen) atoms. The molecule has 0 radical (unpaired) electrons. The van der Waals surface area contributed by atoms with Crippen LogP contribution < -0.4 is 5.73 Å². The van der Waals surface area contributed by atoms with Gasteiger partial charge in [0.1, 0.15) is 0 Å². The van der Waals surface area contributed by atoms with Crippen LogP contribution in [0.2, 0.25) is 0 Å². The van der Waals surface area contributed by atoms with E-state index < -0.39 is 0 Å². The number of hydrogen-bond donors (Lipinski definition) is 1. The van der Waals surface area contributed by atoms with Gasteiger partial charge in [0.05, 0.1) is 23.4 Å². The Kier molecular flexibility index (Phi) is 2.48. The van der Waals surface area contributed by atoms with Crippen LogP contribution in [0.1, 0.15) is 17.8 Å². The lowest BCUT2D eigenvalue weighted by Crippen LogP contribution is -2.37. The second kappa shape index (κ2) is 3.63. The van der Waals surface area contributed by atoms with E-state index in [0.717, 1.165) is 24.4 Å². The average molecular weight is 193 g/mol. The van der Waals surface area contributed by atoms with Crippen molar-refractivity contribution >= 4 is 0 Å². The maximum absolute atomic E-state index is 5.82. The topological polar surface area (TPSA) is 61.0 Å². The minimum Gasteiger partial charge on any atom is -0.380 e. The summed E-state index contributed by atoms with van der Waals surface area (Å²) < 4.78 is 5.41. The van der Waals surface area contributed by atoms with Crippen molar-refractivity contribution in [3.63, 3.8) is 0 Å². The van der Waals surface area contributed by atoms with E-state index in [1.165, 1.54) is 0 Å². The highest BCUT2D eigenvalue weighted by Crippen LogP contribution is 2.31. The highest BCUT2D eigenvalue weighted by Gasteiger charge is 2.38. The normalized spacial score (nSPS) is 26.7. The Balaban J connectivity index is 2.41. The van der Waals surface area contributed by atoms with Crippen LogP contribution in [-0.4, -0.2) is 29.7 Å². The maximum atomic E-state index is 5.82. The molecule has 1 saturated heterocycles. The van der Waals surface area contributed by atoms with E-state index in [2.05, 4.69) is 9.97 Å². The van der Waals surface area contributed by atoms with Gasteiger partial charge in [0.25, 0.3) is 0 Å². The van der Waals surface area contributed by atoms with Gasteiger partial charge in [-0.15, -0.1) is 0 Å². The van der Waals surface area contributed by atoms with Crippen molar-refractivity contribution < 1.29 is 4.74 Å². The molecule has 2 heterocycles. The van der Waals surface area contributed by atoms with E-state index in [-0.39, 0.29) is 5.41 Å². The first kappa shape index (κ1) is 9.55. The van der Waals surface area contributed by atoms with Crippen LogP contribution in [0.25, 0.3) is 0 Å². The van der Waals surface area contributed by atoms with Crippen LogP contribution in [0.15, 0.2) is 12.4 Å². The van der Waals surface area contributed by atoms with Gasteiger partial charge in [0, 0.05) is 25.5 Å². The first-order valence-electron chi connectivity index (χ1n) is 4.84. The summed E-state index contributed by atoms with van der Waals surface area (Å²) in [6.45, 7) is 3.99. The number of hydrogen-bond acceptors (Lipinski definition) is 4. The van der Waals surface area contributed by atoms with Crippen molar-refractivity contribution in [2.75, 3.05) is 19.8 Å². The fraction of sp³-hybridized carbons (Fsp3) is 0.600. The highest BCUT2D eigenvalue weighted by atomic mass is 16.5. The van der Waals surface area contributed by atoms with Gasteiger partial charge >= 0.3 is 0 Å². The van der Waals surface area contributed by atoms with Crippen molar-refractivity contribution in [2.45, 2.75) is 18.8 Å². The van der Waals surface area contributed by atoms with Gasteiger partial charge in [0.2, 0.25) is 0 Å². The standard InChI is InChI=1S/C10H15N3O/c1-8-9(13-4-3-12-8)10(6-11)2-5-14-7-10/h3-4H,2,5-7,11H2,1H3. The lowest BCUT2D eigenvalue weighted by molar-refractivity contribution is 0.177. The molecule has 1 unspecified atom stereocenters. The van der Waals surface area contributed by atoms with Crippen molar-refractivity contribution in [3.05, 3.63) is 23.8 Å². The van der Waals surface area contributed by atoms with Crippen molar-refractivity contribution in [1.82, 2.24) is 9.97 Å². The van der Waals surface area contributed by atoms with Gasteiger partial charge in [-0.25, -0.2) is 0 Å². The predicted octanol–water partition coefficient (Wildman–Crippen LogP) is 0.402. The molecule has 0 spiro atoms. The van der Waals surface area contributed by atoms with Crippen LogP contribution in [0.4, 0.5) is 0 Å². The summed E-state index contributed by atoms with van der Waals surface area (Å²) in [6, 6.07) is 0. The molecule has 0 aromatic carbocycles. The largest absolute Gasteiger partial charge is 0.380 e. The summed E-state index contributed by atoms with van der Waals surface area (Å²) in [5.41, 5.74) is 7.68. The van der Waals surface area contributed by atoms with Gasteiger partial charge in [-0.05, 0) is 13.3 Å². The van der Waals surface area contributed by atoms with Crippen LogP contribution in [0.3, 0.4) is 0 Å². The van der Waals surface area contributed by atoms with E-state index >= 15 is 0 Å². The number of ether oxygens (including phenoxy) is 1. The van der Waals surface area contributed by atoms with E-state index in [0.29, 0.717) is 13.2 Å². The molecule has 0 saturated carbocycles. The summed E-state index contributed by atoms with van der Waals surface area (Å²) in [4.78, 5) is 8.62. The van der Waals surface area contributed by atoms with Gasteiger partial charge in [-0.2, -0.15) is 0 Å². The monoisotopic (exact) mass is 193 g/mol. The molecule has 1 aliphatic rings. The Morgan fingerprint density at radius 1 is 1.50 bits per heavy atom. The summed E-state index contributed by atoms with van der Waals surface area (Å²) in [5.74, 6) is 0. The van der Waals surface area contributed by atoms with E-state index in [1.54, 1.807) is 12.4 Å². The third-order valence-corrected chi connectivity index (χ3v) is 2.88. The number of nitrogens with zero attached hydrogens (tertiary/aromatic N) is 2. The summed E-state index contributed by atoms with van der Waals surface area (Å²) in [6.07, 6.45) is 4.37. The maximum Gasteiger partial charge on any atom is 0.0714 e. The summed E-state index contributed by atoms with van der Waals surface area (Å²) in [5, 5.41) is 0. The summed E-state index contributed by atoms with van der Waals surface area (Å²) in [7, 11) is 0. The fourth-order valence-corrected chi connectivity index (χ4v) is 1.98. The minimum absolute atomic E-state index is 0.0989. The Labute approximate surface area is 83.5 Å². The van der Waals surface area contributed by atoms with Gasteiger partial charge < -0.3 is 10.5 Å². The molecule has 1 aromatic heterocycles. The molecule has 0 amide bonds. The molecule has 4 nitrogen and oxygen atoms in total. The van der Waals surface area contributed by atoms with Crippen LogP contribution in [0.5, 0.6) is 0 Å². The Morgan fingerprint density at radius 2 is 2.29 bits per heavy atom. The van der Waals surface area contributed by atoms with Crippen molar-refractivity contribution in [1.29, 1.82) is 0 Å². The van der Waals surface area contributed by atoms with Crippen LogP contribution >= 0.6 is 0 Å². The van der Waals surface area contributed by atoms with Gasteiger partial charge in [-0.3, -0.25) is 9.97 Å². The first-order chi connectivity index (χ1) is 6.78. The summed E-state index contributed by atoms with van der Waals surface area (Å²) >= 11 is 0. The van der Waals surface area contributed by atoms with Crippen LogP contribution in [0, 0.1) is 6.92 Å². The number of nitrogens with two attached hydrogens (primary N) is 1. The average Bonchev–Trinajstić information content (AvgIpc) is 2.68. The zero-order valence-corrected chi connectivity index (χ0v) is 8.36. The van der Waals surface area contributed by atoms with E-state index in [1.807, 2.05) is 6.92 Å². The van der Waals surface area contributed by atoms with Crippen LogP contribution in [-0.2, 0) is 10.2 Å². The SMILES string of the molecule is Cc1nccnc1C1(CN)CCOC1. The molecule has 1 aliphatic heterocycles. The quantitative estimate of drug-likeness (QED) is 0.738. The lowest BCUT2D eigenvalue weighted by atomic mass is 9.82. The molecule has 1 atom stereocenters. The number of aromatic nitrogens is 2. The molecule has 2 N–H and O–H groups in total. The smallest absolute Gasteiger partial charge is 0.0714 e. The Morgan fingerprint density at radius 3 is 2.86 bits per heavy atom. The Hall–Kier alpha value is -1.00. The molecule has 4 heteroatoms. The molecule has 1 fully saturated rings. The predicted molar refractivity (Wildman–Crippen MR) is 52.9 cm³/mol. The molecule has 0 aliphatic carbocycles. The zero-order chi connectivity index (χ0) is 10.0. The second-order valence-corrected chi connectivity index (χ2v) is 3.78. The highest BCUT2D eigenvalue weighted by molar-refractivity contribution is 5.23. The molecule has 2 rings (SSSR count). The molecular weight excluding hydrogens is 178 g/mol. The third kappa shape index (κ3) is 1.40. The van der Waals surface area contributed by atoms with Crippen molar-refractivity contribution in [3.8, 4) is 0 Å². The molecule has 0 bridgehead atoms. The first-order valence-corrected chi connectivity index (χ1v) is 4.84. The van der Waals surface area contributed by atoms with Crippen molar-refractivity contribution in [2.24, 2.45) is 5.73 Å². The molecule has 76 valence electrons. The zero-order valence-electron chi connectivity index (χ0n) is 8.36. The third-order valence-electron chi connectivity index (χ3n) is 2.88. The number of rotatable bonds is 2. The lowest BCUT2D eigenvalue weighted by Gasteiger charge is -2.25. The van der Waals surface area contributed by atoms with Gasteiger partial charge in [-0.1, -0.05) is 0 Å². The molecular formula is C10H15N3O. The molecule has 1 aromatic rings. The fourth-order valence-electron chi connectivity index (χ4n) is 1.98. The number of aryl methyl sites for hydroxylation is 1. The Bertz CT molecular complexity index is 321.